The molecule has 0 radical (unpaired) electrons. The molecule has 0 saturated heterocycles. The van der Waals surface area contributed by atoms with Gasteiger partial charge in [-0.05, 0) is 45.1 Å². The Labute approximate surface area is 112 Å². The first kappa shape index (κ1) is 12.1. The average Bonchev–Trinajstić information content (AvgIpc) is 2.68. The van der Waals surface area contributed by atoms with Crippen LogP contribution in [0.4, 0.5) is 0 Å². The molecular weight excluding hydrogens is 308 g/mol. The molecular formula is C12H10BrClOS. The molecule has 0 unspecified atom stereocenters. The van der Waals surface area contributed by atoms with Crippen LogP contribution in [0.1, 0.15) is 10.4 Å². The second-order valence-electron chi connectivity index (χ2n) is 3.31. The number of halogens is 2. The Morgan fingerprint density at radius 2 is 1.88 bits per heavy atom. The predicted molar refractivity (Wildman–Crippen MR) is 72.0 cm³/mol. The van der Waals surface area contributed by atoms with Crippen LogP contribution in [0, 0.1) is 0 Å². The van der Waals surface area contributed by atoms with Crippen LogP contribution < -0.4 is 0 Å². The summed E-state index contributed by atoms with van der Waals surface area (Å²) in [4.78, 5) is 1.22. The van der Waals surface area contributed by atoms with Crippen LogP contribution >= 0.6 is 38.9 Å². The van der Waals surface area contributed by atoms with Crippen LogP contribution in [0.15, 0.2) is 40.2 Å². The van der Waals surface area contributed by atoms with Crippen molar-refractivity contribution >= 4 is 38.9 Å². The lowest BCUT2D eigenvalue weighted by Crippen LogP contribution is -1.92. The molecule has 0 N–H and O–H groups in total. The predicted octanol–water partition coefficient (Wildman–Crippen LogP) is 4.88. The lowest BCUT2D eigenvalue weighted by Gasteiger charge is -2.03. The Kier molecular flexibility index (Phi) is 4.41. The molecule has 0 aliphatic carbocycles. The van der Waals surface area contributed by atoms with Crippen LogP contribution in [0.25, 0.3) is 0 Å². The van der Waals surface area contributed by atoms with Crippen molar-refractivity contribution in [3.63, 3.8) is 0 Å². The molecule has 0 aliphatic rings. The Morgan fingerprint density at radius 3 is 2.50 bits per heavy atom. The largest absolute Gasteiger partial charge is 0.371 e. The summed E-state index contributed by atoms with van der Waals surface area (Å²) in [5.74, 6) is 0. The molecule has 84 valence electrons. The molecule has 0 atom stereocenters. The zero-order valence-electron chi connectivity index (χ0n) is 8.45. The molecule has 0 bridgehead atoms. The van der Waals surface area contributed by atoms with Gasteiger partial charge in [0.15, 0.2) is 0 Å². The van der Waals surface area contributed by atoms with Crippen molar-refractivity contribution in [3.05, 3.63) is 55.6 Å². The van der Waals surface area contributed by atoms with Gasteiger partial charge in [-0.2, -0.15) is 0 Å². The topological polar surface area (TPSA) is 9.23 Å². The summed E-state index contributed by atoms with van der Waals surface area (Å²) >= 11 is 11.0. The molecule has 1 aromatic heterocycles. The van der Waals surface area contributed by atoms with E-state index in [2.05, 4.69) is 15.9 Å². The number of rotatable bonds is 4. The number of hydrogen-bond acceptors (Lipinski definition) is 2. The summed E-state index contributed by atoms with van der Waals surface area (Å²) in [5.41, 5.74) is 1.14. The monoisotopic (exact) mass is 316 g/mol. The Bertz CT molecular complexity index is 452. The molecule has 1 heterocycles. The van der Waals surface area contributed by atoms with E-state index in [1.165, 1.54) is 4.88 Å². The normalized spacial score (nSPS) is 10.6. The second-order valence-corrected chi connectivity index (χ2v) is 5.60. The highest BCUT2D eigenvalue weighted by atomic mass is 79.9. The lowest BCUT2D eigenvalue weighted by atomic mass is 10.2. The minimum atomic E-state index is 0.613. The fourth-order valence-electron chi connectivity index (χ4n) is 1.27. The van der Waals surface area contributed by atoms with E-state index in [1.807, 2.05) is 35.7 Å². The van der Waals surface area contributed by atoms with E-state index in [4.69, 9.17) is 16.3 Å². The molecule has 2 aromatic rings. The first-order valence-electron chi connectivity index (χ1n) is 4.80. The van der Waals surface area contributed by atoms with Crippen molar-refractivity contribution in [2.45, 2.75) is 13.2 Å². The maximum atomic E-state index is 5.80. The zero-order chi connectivity index (χ0) is 11.4. The van der Waals surface area contributed by atoms with Gasteiger partial charge in [0.1, 0.15) is 0 Å². The van der Waals surface area contributed by atoms with E-state index in [9.17, 15) is 0 Å². The van der Waals surface area contributed by atoms with Gasteiger partial charge >= 0.3 is 0 Å². The smallest absolute Gasteiger partial charge is 0.0825 e. The summed E-state index contributed by atoms with van der Waals surface area (Å²) in [6.45, 7) is 1.25. The van der Waals surface area contributed by atoms with E-state index in [0.29, 0.717) is 13.2 Å². The van der Waals surface area contributed by atoms with Gasteiger partial charge in [0.25, 0.3) is 0 Å². The van der Waals surface area contributed by atoms with Crippen molar-refractivity contribution in [1.82, 2.24) is 0 Å². The second kappa shape index (κ2) is 5.82. The standard InChI is InChI=1S/C12H10BrClOS/c13-11-5-6-16-12(11)8-15-7-9-1-3-10(14)4-2-9/h1-6H,7-8H2. The third-order valence-electron chi connectivity index (χ3n) is 2.11. The first-order valence-corrected chi connectivity index (χ1v) is 6.85. The van der Waals surface area contributed by atoms with Crippen LogP contribution in [-0.2, 0) is 18.0 Å². The van der Waals surface area contributed by atoms with Crippen molar-refractivity contribution in [2.24, 2.45) is 0 Å². The summed E-state index contributed by atoms with van der Waals surface area (Å²) in [7, 11) is 0. The van der Waals surface area contributed by atoms with Crippen LogP contribution in [0.5, 0.6) is 0 Å². The Morgan fingerprint density at radius 1 is 1.12 bits per heavy atom. The third-order valence-corrected chi connectivity index (χ3v) is 4.26. The molecule has 0 amide bonds. The molecule has 0 saturated carbocycles. The highest BCUT2D eigenvalue weighted by Gasteiger charge is 2.01. The zero-order valence-corrected chi connectivity index (χ0v) is 11.6. The minimum Gasteiger partial charge on any atom is -0.371 e. The van der Waals surface area contributed by atoms with Gasteiger partial charge < -0.3 is 4.74 Å². The van der Waals surface area contributed by atoms with Crippen molar-refractivity contribution in [1.29, 1.82) is 0 Å². The van der Waals surface area contributed by atoms with E-state index < -0.39 is 0 Å². The number of hydrogen-bond donors (Lipinski definition) is 0. The maximum Gasteiger partial charge on any atom is 0.0825 e. The first-order chi connectivity index (χ1) is 7.75. The van der Waals surface area contributed by atoms with Crippen LogP contribution in [0.3, 0.4) is 0 Å². The highest BCUT2D eigenvalue weighted by molar-refractivity contribution is 9.10. The van der Waals surface area contributed by atoms with Crippen molar-refractivity contribution < 1.29 is 4.74 Å². The molecule has 4 heteroatoms. The highest BCUT2D eigenvalue weighted by Crippen LogP contribution is 2.23. The summed E-state index contributed by atoms with van der Waals surface area (Å²) in [5, 5.41) is 2.80. The Hall–Kier alpha value is -0.350. The lowest BCUT2D eigenvalue weighted by molar-refractivity contribution is 0.109. The molecule has 0 spiro atoms. The fraction of sp³-hybridized carbons (Fsp3) is 0.167. The summed E-state index contributed by atoms with van der Waals surface area (Å²) in [6.07, 6.45) is 0. The molecule has 0 aliphatic heterocycles. The summed E-state index contributed by atoms with van der Waals surface area (Å²) in [6, 6.07) is 9.74. The SMILES string of the molecule is Clc1ccc(COCc2sccc2Br)cc1. The summed E-state index contributed by atoms with van der Waals surface area (Å²) < 4.78 is 6.74. The van der Waals surface area contributed by atoms with Crippen LogP contribution in [0.2, 0.25) is 5.02 Å². The average molecular weight is 318 g/mol. The van der Waals surface area contributed by atoms with Gasteiger partial charge in [-0.15, -0.1) is 11.3 Å². The molecule has 1 nitrogen and oxygen atoms in total. The number of benzene rings is 1. The van der Waals surface area contributed by atoms with Crippen molar-refractivity contribution in [3.8, 4) is 0 Å². The van der Waals surface area contributed by atoms with Gasteiger partial charge in [0, 0.05) is 14.4 Å². The fourth-order valence-corrected chi connectivity index (χ4v) is 2.80. The van der Waals surface area contributed by atoms with E-state index in [-0.39, 0.29) is 0 Å². The van der Waals surface area contributed by atoms with Crippen molar-refractivity contribution in [2.75, 3.05) is 0 Å². The van der Waals surface area contributed by atoms with E-state index in [0.717, 1.165) is 15.1 Å². The van der Waals surface area contributed by atoms with Gasteiger partial charge in [0.05, 0.1) is 13.2 Å². The van der Waals surface area contributed by atoms with Gasteiger partial charge in [-0.3, -0.25) is 0 Å². The van der Waals surface area contributed by atoms with Gasteiger partial charge in [0.2, 0.25) is 0 Å². The van der Waals surface area contributed by atoms with E-state index >= 15 is 0 Å². The third kappa shape index (κ3) is 3.32. The van der Waals surface area contributed by atoms with E-state index in [1.54, 1.807) is 11.3 Å². The maximum absolute atomic E-state index is 5.80. The number of ether oxygens (including phenoxy) is 1. The minimum absolute atomic E-state index is 0.613. The Balaban J connectivity index is 1.84. The molecule has 1 aromatic carbocycles. The molecule has 2 rings (SSSR count). The van der Waals surface area contributed by atoms with Gasteiger partial charge in [-0.1, -0.05) is 23.7 Å². The molecule has 16 heavy (non-hydrogen) atoms. The van der Waals surface area contributed by atoms with Crippen LogP contribution in [-0.4, -0.2) is 0 Å². The quantitative estimate of drug-likeness (QED) is 0.781. The number of thiophene rings is 1. The van der Waals surface area contributed by atoms with Gasteiger partial charge in [-0.25, -0.2) is 0 Å². The molecule has 0 fully saturated rings.